The molecule has 0 saturated heterocycles. The van der Waals surface area contributed by atoms with Crippen molar-refractivity contribution in [1.82, 2.24) is 5.32 Å². The fourth-order valence-corrected chi connectivity index (χ4v) is 2.80. The van der Waals surface area contributed by atoms with Crippen LogP contribution >= 0.6 is 0 Å². The Morgan fingerprint density at radius 3 is 2.30 bits per heavy atom. The first-order chi connectivity index (χ1) is 14.2. The smallest absolute Gasteiger partial charge is 0.258 e. The van der Waals surface area contributed by atoms with Crippen LogP contribution in [0.15, 0.2) is 42.5 Å². The summed E-state index contributed by atoms with van der Waals surface area (Å²) in [6, 6.07) is 13.6. The van der Waals surface area contributed by atoms with Gasteiger partial charge in [-0.2, -0.15) is 0 Å². The molecule has 2 rings (SSSR count). The Morgan fingerprint density at radius 2 is 1.70 bits per heavy atom. The van der Waals surface area contributed by atoms with Crippen LogP contribution in [0.5, 0.6) is 17.2 Å². The number of rotatable bonds is 10. The van der Waals surface area contributed by atoms with E-state index in [-0.39, 0.29) is 17.9 Å². The molecular formula is C25H35NO4. The lowest BCUT2D eigenvalue weighted by atomic mass is 9.87. The maximum atomic E-state index is 12.2. The SMILES string of the molecule is COc1cc(CNC(=O)COc2ccc(C(C)(C)C)cc2)ccc1OCCC(C)C. The van der Waals surface area contributed by atoms with Gasteiger partial charge in [0.05, 0.1) is 13.7 Å². The first-order valence-corrected chi connectivity index (χ1v) is 10.5. The fraction of sp³-hybridized carbons (Fsp3) is 0.480. The molecule has 2 aromatic rings. The third kappa shape index (κ3) is 7.62. The van der Waals surface area contributed by atoms with Crippen molar-refractivity contribution in [3.05, 3.63) is 53.6 Å². The number of hydrogen-bond acceptors (Lipinski definition) is 4. The van der Waals surface area contributed by atoms with Crippen molar-refractivity contribution in [2.75, 3.05) is 20.3 Å². The molecule has 0 bridgehead atoms. The van der Waals surface area contributed by atoms with Crippen LogP contribution in [0.25, 0.3) is 0 Å². The first-order valence-electron chi connectivity index (χ1n) is 10.5. The number of carbonyl (C=O) groups excluding carboxylic acids is 1. The van der Waals surface area contributed by atoms with Gasteiger partial charge in [0.25, 0.3) is 5.91 Å². The van der Waals surface area contributed by atoms with E-state index in [1.165, 1.54) is 5.56 Å². The van der Waals surface area contributed by atoms with Gasteiger partial charge in [-0.1, -0.05) is 52.8 Å². The Balaban J connectivity index is 1.82. The van der Waals surface area contributed by atoms with Crippen molar-refractivity contribution in [3.8, 4) is 17.2 Å². The van der Waals surface area contributed by atoms with Gasteiger partial charge < -0.3 is 19.5 Å². The number of hydrogen-bond donors (Lipinski definition) is 1. The topological polar surface area (TPSA) is 56.8 Å². The van der Waals surface area contributed by atoms with Crippen LogP contribution in [0, 0.1) is 5.92 Å². The number of nitrogens with one attached hydrogen (secondary N) is 1. The van der Waals surface area contributed by atoms with Crippen LogP contribution in [0.3, 0.4) is 0 Å². The van der Waals surface area contributed by atoms with E-state index in [4.69, 9.17) is 14.2 Å². The maximum Gasteiger partial charge on any atom is 0.258 e. The molecular weight excluding hydrogens is 378 g/mol. The molecule has 0 fully saturated rings. The Morgan fingerprint density at radius 1 is 1.00 bits per heavy atom. The van der Waals surface area contributed by atoms with E-state index in [1.807, 2.05) is 42.5 Å². The predicted molar refractivity (Wildman–Crippen MR) is 120 cm³/mol. The molecule has 0 aliphatic rings. The lowest BCUT2D eigenvalue weighted by Gasteiger charge is -2.19. The third-order valence-corrected chi connectivity index (χ3v) is 4.76. The number of methoxy groups -OCH3 is 1. The summed E-state index contributed by atoms with van der Waals surface area (Å²) < 4.78 is 16.8. The standard InChI is InChI=1S/C25H35NO4/c1-18(2)13-14-29-22-12-7-19(15-23(22)28-6)16-26-24(27)17-30-21-10-8-20(9-11-21)25(3,4)5/h7-12,15,18H,13-14,16-17H2,1-6H3,(H,26,27). The summed E-state index contributed by atoms with van der Waals surface area (Å²) in [5.41, 5.74) is 2.25. The van der Waals surface area contributed by atoms with Crippen LogP contribution in [0.4, 0.5) is 0 Å². The predicted octanol–water partition coefficient (Wildman–Crippen LogP) is 5.11. The second kappa shape index (κ2) is 10.9. The summed E-state index contributed by atoms with van der Waals surface area (Å²) in [6.45, 7) is 11.8. The lowest BCUT2D eigenvalue weighted by Crippen LogP contribution is -2.28. The van der Waals surface area contributed by atoms with Crippen molar-refractivity contribution in [1.29, 1.82) is 0 Å². The molecule has 5 nitrogen and oxygen atoms in total. The molecule has 0 unspecified atom stereocenters. The highest BCUT2D eigenvalue weighted by Crippen LogP contribution is 2.28. The van der Waals surface area contributed by atoms with E-state index in [0.29, 0.717) is 30.6 Å². The number of ether oxygens (including phenoxy) is 3. The minimum absolute atomic E-state index is 0.0254. The van der Waals surface area contributed by atoms with E-state index in [9.17, 15) is 4.79 Å². The minimum Gasteiger partial charge on any atom is -0.493 e. The lowest BCUT2D eigenvalue weighted by molar-refractivity contribution is -0.123. The Bertz CT molecular complexity index is 807. The van der Waals surface area contributed by atoms with Crippen LogP contribution in [-0.4, -0.2) is 26.2 Å². The third-order valence-electron chi connectivity index (χ3n) is 4.76. The molecule has 164 valence electrons. The molecule has 0 heterocycles. The van der Waals surface area contributed by atoms with Crippen LogP contribution in [0.1, 0.15) is 52.2 Å². The number of carbonyl (C=O) groups is 1. The van der Waals surface area contributed by atoms with Crippen molar-refractivity contribution in [3.63, 3.8) is 0 Å². The van der Waals surface area contributed by atoms with Crippen molar-refractivity contribution < 1.29 is 19.0 Å². The molecule has 2 aromatic carbocycles. The fourth-order valence-electron chi connectivity index (χ4n) is 2.80. The van der Waals surface area contributed by atoms with Gasteiger partial charge in [0.1, 0.15) is 5.75 Å². The minimum atomic E-state index is -0.175. The maximum absolute atomic E-state index is 12.2. The summed E-state index contributed by atoms with van der Waals surface area (Å²) >= 11 is 0. The first kappa shape index (κ1) is 23.6. The Labute approximate surface area is 180 Å². The van der Waals surface area contributed by atoms with Gasteiger partial charge in [-0.3, -0.25) is 4.79 Å². The molecule has 0 saturated carbocycles. The molecule has 30 heavy (non-hydrogen) atoms. The summed E-state index contributed by atoms with van der Waals surface area (Å²) in [6.07, 6.45) is 0.986. The van der Waals surface area contributed by atoms with Crippen molar-refractivity contribution in [2.45, 2.75) is 53.0 Å². The van der Waals surface area contributed by atoms with Gasteiger partial charge in [-0.25, -0.2) is 0 Å². The molecule has 0 aliphatic carbocycles. The molecule has 0 atom stereocenters. The summed E-state index contributed by atoms with van der Waals surface area (Å²) in [7, 11) is 1.62. The average Bonchev–Trinajstić information content (AvgIpc) is 2.70. The highest BCUT2D eigenvalue weighted by atomic mass is 16.5. The van der Waals surface area contributed by atoms with Gasteiger partial charge in [0, 0.05) is 6.54 Å². The Kier molecular flexibility index (Phi) is 8.58. The largest absolute Gasteiger partial charge is 0.493 e. The van der Waals surface area contributed by atoms with Crippen molar-refractivity contribution >= 4 is 5.91 Å². The van der Waals surface area contributed by atoms with Crippen LogP contribution < -0.4 is 19.5 Å². The highest BCUT2D eigenvalue weighted by molar-refractivity contribution is 5.77. The van der Waals surface area contributed by atoms with E-state index in [0.717, 1.165) is 17.7 Å². The van der Waals surface area contributed by atoms with E-state index in [1.54, 1.807) is 7.11 Å². The van der Waals surface area contributed by atoms with Crippen LogP contribution in [-0.2, 0) is 16.8 Å². The molecule has 1 amide bonds. The van der Waals surface area contributed by atoms with Gasteiger partial charge in [-0.15, -0.1) is 0 Å². The molecule has 1 N–H and O–H groups in total. The second-order valence-corrected chi connectivity index (χ2v) is 8.86. The second-order valence-electron chi connectivity index (χ2n) is 8.86. The molecule has 5 heteroatoms. The van der Waals surface area contributed by atoms with E-state index in [2.05, 4.69) is 39.9 Å². The quantitative estimate of drug-likeness (QED) is 0.588. The van der Waals surface area contributed by atoms with E-state index >= 15 is 0 Å². The van der Waals surface area contributed by atoms with E-state index < -0.39 is 0 Å². The zero-order chi connectivity index (χ0) is 22.1. The zero-order valence-electron chi connectivity index (χ0n) is 19.1. The van der Waals surface area contributed by atoms with Gasteiger partial charge >= 0.3 is 0 Å². The van der Waals surface area contributed by atoms with Crippen molar-refractivity contribution in [2.24, 2.45) is 5.92 Å². The Hall–Kier alpha value is -2.69. The summed E-state index contributed by atoms with van der Waals surface area (Å²) in [5, 5.41) is 2.87. The molecule has 0 spiro atoms. The monoisotopic (exact) mass is 413 g/mol. The zero-order valence-corrected chi connectivity index (χ0v) is 19.1. The van der Waals surface area contributed by atoms with Gasteiger partial charge in [-0.05, 0) is 53.1 Å². The van der Waals surface area contributed by atoms with Gasteiger partial charge in [0.15, 0.2) is 18.1 Å². The van der Waals surface area contributed by atoms with Crippen LogP contribution in [0.2, 0.25) is 0 Å². The molecule has 0 aromatic heterocycles. The highest BCUT2D eigenvalue weighted by Gasteiger charge is 2.13. The number of benzene rings is 2. The van der Waals surface area contributed by atoms with Gasteiger partial charge in [0.2, 0.25) is 0 Å². The summed E-state index contributed by atoms with van der Waals surface area (Å²) in [5.74, 6) is 2.48. The molecule has 0 radical (unpaired) electrons. The molecule has 0 aliphatic heterocycles. The summed E-state index contributed by atoms with van der Waals surface area (Å²) in [4.78, 5) is 12.2. The normalized spacial score (nSPS) is 11.3. The number of amides is 1. The average molecular weight is 414 g/mol.